The molecule has 1 aliphatic carbocycles. The van der Waals surface area contributed by atoms with Crippen molar-refractivity contribution in [3.05, 3.63) is 23.0 Å². The van der Waals surface area contributed by atoms with Gasteiger partial charge >= 0.3 is 0 Å². The highest BCUT2D eigenvalue weighted by atomic mass is 35.5. The summed E-state index contributed by atoms with van der Waals surface area (Å²) in [6.07, 6.45) is 3.64. The number of carbonyl (C=O) groups excluding carboxylic acids is 1. The molecule has 0 radical (unpaired) electrons. The van der Waals surface area contributed by atoms with Crippen molar-refractivity contribution >= 4 is 17.5 Å². The highest BCUT2D eigenvalue weighted by molar-refractivity contribution is 6.30. The van der Waals surface area contributed by atoms with Gasteiger partial charge in [-0.25, -0.2) is 0 Å². The van der Waals surface area contributed by atoms with E-state index in [0.29, 0.717) is 23.3 Å². The fourth-order valence-electron chi connectivity index (χ4n) is 1.59. The molecule has 1 aromatic heterocycles. The second-order valence-electron chi connectivity index (χ2n) is 3.68. The Morgan fingerprint density at radius 3 is 2.87 bits per heavy atom. The van der Waals surface area contributed by atoms with Crippen LogP contribution in [0.3, 0.4) is 0 Å². The van der Waals surface area contributed by atoms with Gasteiger partial charge in [0, 0.05) is 18.8 Å². The maximum Gasteiger partial charge on any atom is 0.270 e. The molecule has 0 saturated heterocycles. The summed E-state index contributed by atoms with van der Waals surface area (Å²) in [4.78, 5) is 16.5. The molecule has 2 N–H and O–H groups in total. The summed E-state index contributed by atoms with van der Waals surface area (Å²) in [6.45, 7) is 0.386. The van der Waals surface area contributed by atoms with Gasteiger partial charge in [0.05, 0.1) is 11.6 Å². The minimum absolute atomic E-state index is 0.00329. The highest BCUT2D eigenvalue weighted by Crippen LogP contribution is 2.28. The molecule has 0 atom stereocenters. The first-order valence-electron chi connectivity index (χ1n) is 4.98. The van der Waals surface area contributed by atoms with Crippen LogP contribution < -0.4 is 0 Å². The number of aliphatic hydroxyl groups excluding tert-OH is 1. The van der Waals surface area contributed by atoms with E-state index in [-0.39, 0.29) is 12.5 Å². The number of amides is 1. The summed E-state index contributed by atoms with van der Waals surface area (Å²) in [5.74, 6) is -0.0848. The minimum atomic E-state index is -0.0848. The second-order valence-corrected chi connectivity index (χ2v) is 4.12. The summed E-state index contributed by atoms with van der Waals surface area (Å²) in [7, 11) is 0. The van der Waals surface area contributed by atoms with Gasteiger partial charge in [0.1, 0.15) is 5.69 Å². The van der Waals surface area contributed by atoms with Crippen LogP contribution in [-0.2, 0) is 0 Å². The van der Waals surface area contributed by atoms with Crippen molar-refractivity contribution in [2.45, 2.75) is 18.9 Å². The Bertz CT molecular complexity index is 360. The first-order valence-corrected chi connectivity index (χ1v) is 5.36. The first kappa shape index (κ1) is 10.5. The number of rotatable bonds is 4. The number of H-pyrrole nitrogens is 1. The van der Waals surface area contributed by atoms with Crippen LogP contribution in [0, 0.1) is 0 Å². The Morgan fingerprint density at radius 2 is 2.40 bits per heavy atom. The SMILES string of the molecule is O=C(c1cc(Cl)c[nH]1)N(CCO)C1CC1. The largest absolute Gasteiger partial charge is 0.395 e. The maximum absolute atomic E-state index is 12.0. The number of hydrogen-bond donors (Lipinski definition) is 2. The molecule has 0 spiro atoms. The van der Waals surface area contributed by atoms with E-state index < -0.39 is 0 Å². The van der Waals surface area contributed by atoms with Gasteiger partial charge in [0.15, 0.2) is 0 Å². The summed E-state index contributed by atoms with van der Waals surface area (Å²) in [5, 5.41) is 9.41. The van der Waals surface area contributed by atoms with Gasteiger partial charge < -0.3 is 15.0 Å². The Morgan fingerprint density at radius 1 is 1.67 bits per heavy atom. The molecule has 0 unspecified atom stereocenters. The standard InChI is InChI=1S/C10H13ClN2O2/c11-7-5-9(12-6-7)10(15)13(3-4-14)8-1-2-8/h5-6,8,12,14H,1-4H2. The van der Waals surface area contributed by atoms with Crippen molar-refractivity contribution in [2.75, 3.05) is 13.2 Å². The monoisotopic (exact) mass is 228 g/mol. The lowest BCUT2D eigenvalue weighted by Crippen LogP contribution is -2.35. The normalized spacial score (nSPS) is 15.3. The fourth-order valence-corrected chi connectivity index (χ4v) is 1.75. The van der Waals surface area contributed by atoms with E-state index in [4.69, 9.17) is 16.7 Å². The molecular formula is C10H13ClN2O2. The fraction of sp³-hybridized carbons (Fsp3) is 0.500. The molecule has 2 rings (SSSR count). The molecule has 1 saturated carbocycles. The Kier molecular flexibility index (Phi) is 2.98. The molecule has 0 aliphatic heterocycles. The topological polar surface area (TPSA) is 56.3 Å². The van der Waals surface area contributed by atoms with Crippen molar-refractivity contribution in [2.24, 2.45) is 0 Å². The zero-order chi connectivity index (χ0) is 10.8. The predicted octanol–water partition coefficient (Wildman–Crippen LogP) is 1.26. The molecule has 0 aromatic carbocycles. The number of nitrogens with one attached hydrogen (secondary N) is 1. The van der Waals surface area contributed by atoms with Crippen LogP contribution in [0.15, 0.2) is 12.3 Å². The summed E-state index contributed by atoms with van der Waals surface area (Å²) < 4.78 is 0. The number of carbonyl (C=O) groups is 1. The van der Waals surface area contributed by atoms with Gasteiger partial charge in [0.2, 0.25) is 0 Å². The number of nitrogens with zero attached hydrogens (tertiary/aromatic N) is 1. The zero-order valence-electron chi connectivity index (χ0n) is 8.24. The summed E-state index contributed by atoms with van der Waals surface area (Å²) in [6, 6.07) is 1.91. The molecule has 4 nitrogen and oxygen atoms in total. The third-order valence-corrected chi connectivity index (χ3v) is 2.69. The number of aromatic amines is 1. The first-order chi connectivity index (χ1) is 7.22. The van der Waals surface area contributed by atoms with Crippen molar-refractivity contribution in [3.63, 3.8) is 0 Å². The van der Waals surface area contributed by atoms with Crippen LogP contribution in [0.25, 0.3) is 0 Å². The smallest absolute Gasteiger partial charge is 0.270 e. The van der Waals surface area contributed by atoms with Gasteiger partial charge in [0.25, 0.3) is 5.91 Å². The molecule has 1 aromatic rings. The number of aromatic nitrogens is 1. The molecule has 0 bridgehead atoms. The van der Waals surface area contributed by atoms with E-state index in [1.807, 2.05) is 0 Å². The summed E-state index contributed by atoms with van der Waals surface area (Å²) in [5.41, 5.74) is 0.486. The molecule has 82 valence electrons. The van der Waals surface area contributed by atoms with E-state index in [1.54, 1.807) is 17.2 Å². The van der Waals surface area contributed by atoms with Gasteiger partial charge in [-0.05, 0) is 18.9 Å². The number of hydrogen-bond acceptors (Lipinski definition) is 2. The van der Waals surface area contributed by atoms with E-state index in [0.717, 1.165) is 12.8 Å². The molecule has 1 amide bonds. The van der Waals surface area contributed by atoms with Gasteiger partial charge in [-0.3, -0.25) is 4.79 Å². The van der Waals surface area contributed by atoms with Crippen LogP contribution in [0.2, 0.25) is 5.02 Å². The predicted molar refractivity (Wildman–Crippen MR) is 56.9 cm³/mol. The lowest BCUT2D eigenvalue weighted by molar-refractivity contribution is 0.0702. The third kappa shape index (κ3) is 2.33. The molecule has 1 fully saturated rings. The number of aliphatic hydroxyl groups is 1. The average molecular weight is 229 g/mol. The van der Waals surface area contributed by atoms with E-state index in [1.165, 1.54) is 0 Å². The van der Waals surface area contributed by atoms with Crippen molar-refractivity contribution in [3.8, 4) is 0 Å². The Hall–Kier alpha value is -1.00. The lowest BCUT2D eigenvalue weighted by atomic mass is 10.3. The van der Waals surface area contributed by atoms with Crippen molar-refractivity contribution < 1.29 is 9.90 Å². The molecule has 5 heteroatoms. The van der Waals surface area contributed by atoms with Gasteiger partial charge in [-0.15, -0.1) is 0 Å². The van der Waals surface area contributed by atoms with E-state index in [9.17, 15) is 4.79 Å². The van der Waals surface area contributed by atoms with Crippen molar-refractivity contribution in [1.82, 2.24) is 9.88 Å². The van der Waals surface area contributed by atoms with Crippen LogP contribution >= 0.6 is 11.6 Å². The molecule has 1 aliphatic rings. The lowest BCUT2D eigenvalue weighted by Gasteiger charge is -2.20. The quantitative estimate of drug-likeness (QED) is 0.816. The minimum Gasteiger partial charge on any atom is -0.395 e. The van der Waals surface area contributed by atoms with Crippen molar-refractivity contribution in [1.29, 1.82) is 0 Å². The third-order valence-electron chi connectivity index (χ3n) is 2.47. The Balaban J connectivity index is 2.10. The average Bonchev–Trinajstić information content (AvgIpc) is 2.96. The molecule has 15 heavy (non-hydrogen) atoms. The van der Waals surface area contributed by atoms with Crippen LogP contribution in [0.1, 0.15) is 23.3 Å². The molecule has 1 heterocycles. The van der Waals surface area contributed by atoms with Gasteiger partial charge in [-0.1, -0.05) is 11.6 Å². The maximum atomic E-state index is 12.0. The van der Waals surface area contributed by atoms with Crippen LogP contribution in [0.5, 0.6) is 0 Å². The van der Waals surface area contributed by atoms with Crippen LogP contribution in [0.4, 0.5) is 0 Å². The summed E-state index contributed by atoms with van der Waals surface area (Å²) >= 11 is 5.73. The van der Waals surface area contributed by atoms with E-state index in [2.05, 4.69) is 4.98 Å². The Labute approximate surface area is 92.8 Å². The van der Waals surface area contributed by atoms with Crippen LogP contribution in [-0.4, -0.2) is 40.1 Å². The van der Waals surface area contributed by atoms with Gasteiger partial charge in [-0.2, -0.15) is 0 Å². The second kappa shape index (κ2) is 4.24. The highest BCUT2D eigenvalue weighted by Gasteiger charge is 2.32. The molecular weight excluding hydrogens is 216 g/mol. The number of halogens is 1. The zero-order valence-corrected chi connectivity index (χ0v) is 9.00. The van der Waals surface area contributed by atoms with E-state index >= 15 is 0 Å².